The third-order valence-corrected chi connectivity index (χ3v) is 3.35. The molecule has 0 radical (unpaired) electrons. The Morgan fingerprint density at radius 2 is 1.90 bits per heavy atom. The van der Waals surface area contributed by atoms with Gasteiger partial charge in [-0.25, -0.2) is 4.79 Å². The quantitative estimate of drug-likeness (QED) is 0.720. The molecule has 1 amide bonds. The monoisotopic (exact) mass is 368 g/mol. The lowest BCUT2D eigenvalue weighted by Gasteiger charge is -2.10. The van der Waals surface area contributed by atoms with Gasteiger partial charge in [-0.2, -0.15) is 0 Å². The number of anilines is 2. The number of nitrogens with one attached hydrogen (secondary N) is 1. The number of rotatable bonds is 3. The van der Waals surface area contributed by atoms with E-state index < -0.39 is 11.9 Å². The highest BCUT2D eigenvalue weighted by Gasteiger charge is 2.14. The van der Waals surface area contributed by atoms with E-state index in [1.54, 1.807) is 6.07 Å². The van der Waals surface area contributed by atoms with E-state index in [-0.39, 0.29) is 16.8 Å². The molecule has 0 heterocycles. The predicted molar refractivity (Wildman–Crippen MR) is 84.9 cm³/mol. The molecule has 2 aromatic carbocycles. The van der Waals surface area contributed by atoms with Gasteiger partial charge >= 0.3 is 5.97 Å². The number of carboxylic acids is 1. The van der Waals surface area contributed by atoms with Gasteiger partial charge in [0, 0.05) is 20.7 Å². The molecule has 0 aromatic heterocycles. The van der Waals surface area contributed by atoms with Crippen LogP contribution in [-0.4, -0.2) is 17.0 Å². The van der Waals surface area contributed by atoms with Crippen LogP contribution in [0.1, 0.15) is 20.7 Å². The zero-order chi connectivity index (χ0) is 15.6. The van der Waals surface area contributed by atoms with Crippen LogP contribution in [0.4, 0.5) is 11.4 Å². The molecule has 0 aliphatic carbocycles. The summed E-state index contributed by atoms with van der Waals surface area (Å²) >= 11 is 9.07. The van der Waals surface area contributed by atoms with Crippen LogP contribution in [0.25, 0.3) is 0 Å². The summed E-state index contributed by atoms with van der Waals surface area (Å²) in [6.07, 6.45) is 0. The van der Waals surface area contributed by atoms with Gasteiger partial charge in [-0.15, -0.1) is 0 Å². The zero-order valence-corrected chi connectivity index (χ0v) is 12.9. The third-order valence-electron chi connectivity index (χ3n) is 2.64. The Morgan fingerprint density at radius 1 is 1.19 bits per heavy atom. The van der Waals surface area contributed by atoms with Crippen molar-refractivity contribution in [2.75, 3.05) is 11.1 Å². The summed E-state index contributed by atoms with van der Waals surface area (Å²) < 4.78 is 0.647. The molecule has 0 atom stereocenters. The Labute approximate surface area is 133 Å². The molecule has 2 rings (SSSR count). The number of aromatic carboxylic acids is 1. The van der Waals surface area contributed by atoms with E-state index in [0.29, 0.717) is 15.2 Å². The number of hydrogen-bond donors (Lipinski definition) is 3. The Morgan fingerprint density at radius 3 is 2.52 bits per heavy atom. The molecule has 0 saturated carbocycles. The molecular weight excluding hydrogens is 360 g/mol. The fourth-order valence-electron chi connectivity index (χ4n) is 1.74. The summed E-state index contributed by atoms with van der Waals surface area (Å²) in [7, 11) is 0. The largest absolute Gasteiger partial charge is 0.478 e. The molecule has 0 spiro atoms. The van der Waals surface area contributed by atoms with Gasteiger partial charge in [0.25, 0.3) is 5.91 Å². The normalized spacial score (nSPS) is 10.2. The minimum atomic E-state index is -1.14. The first-order valence-corrected chi connectivity index (χ1v) is 6.94. The van der Waals surface area contributed by atoms with Gasteiger partial charge in [0.15, 0.2) is 0 Å². The topological polar surface area (TPSA) is 92.4 Å². The number of amides is 1. The van der Waals surface area contributed by atoms with Crippen LogP contribution in [0.2, 0.25) is 5.02 Å². The highest BCUT2D eigenvalue weighted by Crippen LogP contribution is 2.23. The summed E-state index contributed by atoms with van der Waals surface area (Å²) in [6.45, 7) is 0. The summed E-state index contributed by atoms with van der Waals surface area (Å²) in [6, 6.07) is 8.91. The van der Waals surface area contributed by atoms with E-state index in [9.17, 15) is 9.59 Å². The van der Waals surface area contributed by atoms with Gasteiger partial charge in [-0.3, -0.25) is 4.79 Å². The smallest absolute Gasteiger partial charge is 0.337 e. The number of carbonyl (C=O) groups excluding carboxylic acids is 1. The molecule has 7 heteroatoms. The van der Waals surface area contributed by atoms with E-state index in [2.05, 4.69) is 21.2 Å². The average Bonchev–Trinajstić information content (AvgIpc) is 2.37. The molecule has 0 saturated heterocycles. The lowest BCUT2D eigenvalue weighted by atomic mass is 10.1. The van der Waals surface area contributed by atoms with Gasteiger partial charge in [0.2, 0.25) is 0 Å². The summed E-state index contributed by atoms with van der Waals surface area (Å²) in [5.74, 6) is -1.63. The highest BCUT2D eigenvalue weighted by atomic mass is 79.9. The molecule has 0 fully saturated rings. The molecule has 0 aliphatic heterocycles. The van der Waals surface area contributed by atoms with Crippen molar-refractivity contribution >= 4 is 50.8 Å². The maximum atomic E-state index is 12.2. The van der Waals surface area contributed by atoms with Crippen LogP contribution in [0.5, 0.6) is 0 Å². The SMILES string of the molecule is Nc1cc(Cl)cc(C(=O)Nc2cc(Br)ccc2C(=O)O)c1. The third kappa shape index (κ3) is 3.74. The second kappa shape index (κ2) is 6.15. The first-order valence-electron chi connectivity index (χ1n) is 5.77. The maximum absolute atomic E-state index is 12.2. The molecule has 5 nitrogen and oxygen atoms in total. The Hall–Kier alpha value is -2.05. The Bertz CT molecular complexity index is 714. The fraction of sp³-hybridized carbons (Fsp3) is 0. The summed E-state index contributed by atoms with van der Waals surface area (Å²) in [4.78, 5) is 23.3. The standard InChI is InChI=1S/C14H10BrClN2O3/c15-8-1-2-11(14(20)21)12(5-8)18-13(19)7-3-9(16)6-10(17)4-7/h1-6H,17H2,(H,18,19)(H,20,21). The number of halogens is 2. The van der Waals surface area contributed by atoms with Crippen molar-refractivity contribution in [3.63, 3.8) is 0 Å². The predicted octanol–water partition coefficient (Wildman–Crippen LogP) is 3.64. The minimum absolute atomic E-state index is 0.0125. The summed E-state index contributed by atoms with van der Waals surface area (Å²) in [5.41, 5.74) is 6.39. The number of nitrogens with two attached hydrogens (primary N) is 1. The van der Waals surface area contributed by atoms with Crippen molar-refractivity contribution in [1.82, 2.24) is 0 Å². The van der Waals surface area contributed by atoms with Gasteiger partial charge in [0.05, 0.1) is 11.3 Å². The van der Waals surface area contributed by atoms with E-state index >= 15 is 0 Å². The number of nitrogen functional groups attached to an aromatic ring is 1. The van der Waals surface area contributed by atoms with E-state index in [1.165, 1.54) is 30.3 Å². The molecular formula is C14H10BrClN2O3. The van der Waals surface area contributed by atoms with Crippen LogP contribution in [0.3, 0.4) is 0 Å². The Kier molecular flexibility index (Phi) is 4.50. The van der Waals surface area contributed by atoms with E-state index in [4.69, 9.17) is 22.4 Å². The molecule has 2 aromatic rings. The second-order valence-corrected chi connectivity index (χ2v) is 5.57. The van der Waals surface area contributed by atoms with E-state index in [0.717, 1.165) is 0 Å². The van der Waals surface area contributed by atoms with Crippen molar-refractivity contribution in [3.05, 3.63) is 57.0 Å². The second-order valence-electron chi connectivity index (χ2n) is 4.22. The summed E-state index contributed by atoms with van der Waals surface area (Å²) in [5, 5.41) is 12.0. The molecule has 21 heavy (non-hydrogen) atoms. The molecule has 0 bridgehead atoms. The van der Waals surface area contributed by atoms with Crippen LogP contribution in [-0.2, 0) is 0 Å². The fourth-order valence-corrected chi connectivity index (χ4v) is 2.35. The van der Waals surface area contributed by atoms with Crippen LogP contribution < -0.4 is 11.1 Å². The van der Waals surface area contributed by atoms with Crippen LogP contribution in [0, 0.1) is 0 Å². The lowest BCUT2D eigenvalue weighted by Crippen LogP contribution is -2.15. The zero-order valence-electron chi connectivity index (χ0n) is 10.6. The van der Waals surface area contributed by atoms with Crippen molar-refractivity contribution in [2.24, 2.45) is 0 Å². The first-order chi connectivity index (χ1) is 9.86. The first kappa shape index (κ1) is 15.3. The van der Waals surface area contributed by atoms with E-state index in [1.807, 2.05) is 0 Å². The minimum Gasteiger partial charge on any atom is -0.478 e. The molecule has 108 valence electrons. The number of benzene rings is 2. The van der Waals surface area contributed by atoms with Crippen molar-refractivity contribution in [2.45, 2.75) is 0 Å². The molecule has 4 N–H and O–H groups in total. The number of carbonyl (C=O) groups is 2. The average molecular weight is 370 g/mol. The van der Waals surface area contributed by atoms with Gasteiger partial charge < -0.3 is 16.2 Å². The highest BCUT2D eigenvalue weighted by molar-refractivity contribution is 9.10. The van der Waals surface area contributed by atoms with Gasteiger partial charge in [-0.05, 0) is 36.4 Å². The maximum Gasteiger partial charge on any atom is 0.337 e. The van der Waals surface area contributed by atoms with Crippen molar-refractivity contribution in [3.8, 4) is 0 Å². The lowest BCUT2D eigenvalue weighted by molar-refractivity contribution is 0.0698. The van der Waals surface area contributed by atoms with Crippen LogP contribution >= 0.6 is 27.5 Å². The van der Waals surface area contributed by atoms with Crippen LogP contribution in [0.15, 0.2) is 40.9 Å². The van der Waals surface area contributed by atoms with Crippen molar-refractivity contribution < 1.29 is 14.7 Å². The van der Waals surface area contributed by atoms with Gasteiger partial charge in [0.1, 0.15) is 0 Å². The number of carboxylic acid groups (broad SMARTS) is 1. The number of hydrogen-bond acceptors (Lipinski definition) is 3. The molecule has 0 aliphatic rings. The van der Waals surface area contributed by atoms with Gasteiger partial charge in [-0.1, -0.05) is 27.5 Å². The van der Waals surface area contributed by atoms with Crippen molar-refractivity contribution in [1.29, 1.82) is 0 Å². The Balaban J connectivity index is 2.35. The molecule has 0 unspecified atom stereocenters.